The normalized spacial score (nSPS) is 14.4. The van der Waals surface area contributed by atoms with Crippen LogP contribution in [0, 0.1) is 5.82 Å². The number of carbonyl (C=O) groups is 4. The maximum Gasteiger partial charge on any atom is 0.427 e. The Morgan fingerprint density at radius 2 is 1.59 bits per heavy atom. The molecule has 2 heterocycles. The molecular weight excluding hydrogens is 781 g/mol. The van der Waals surface area contributed by atoms with Gasteiger partial charge in [0.15, 0.2) is 5.76 Å². The molecule has 3 N–H and O–H groups in total. The second-order valence-corrected chi connectivity index (χ2v) is 13.1. The zero-order valence-electron chi connectivity index (χ0n) is 27.6. The summed E-state index contributed by atoms with van der Waals surface area (Å²) in [5.41, 5.74) is -0.333. The topological polar surface area (TPSA) is 213 Å². The number of sulfonamides is 1. The Morgan fingerprint density at radius 1 is 1.00 bits per heavy atom. The van der Waals surface area contributed by atoms with E-state index in [-0.39, 0.29) is 28.3 Å². The molecule has 0 spiro atoms. The molecule has 1 aliphatic heterocycles. The fourth-order valence-electron chi connectivity index (χ4n) is 4.80. The number of aromatic nitrogens is 2. The number of hydrogen-bond donors (Lipinski definition) is 3. The largest absolute Gasteiger partial charge is 0.489 e. The van der Waals surface area contributed by atoms with Crippen LogP contribution in [0.15, 0.2) is 58.7 Å². The number of carboxylic acids is 1. The molecule has 16 nitrogen and oxygen atoms in total. The Balaban J connectivity index is 0.000000246. The average molecular weight is 808 g/mol. The van der Waals surface area contributed by atoms with Gasteiger partial charge in [0.2, 0.25) is 17.7 Å². The Morgan fingerprint density at radius 3 is 2.13 bits per heavy atom. The number of carboxylic acid groups (broad SMARTS) is 1. The molecule has 2 aromatic carbocycles. The van der Waals surface area contributed by atoms with E-state index in [1.54, 1.807) is 19.2 Å². The second kappa shape index (κ2) is 17.4. The van der Waals surface area contributed by atoms with Gasteiger partial charge in [-0.25, -0.2) is 36.8 Å². The van der Waals surface area contributed by atoms with Gasteiger partial charge in [0, 0.05) is 6.07 Å². The number of allylic oxidation sites excluding steroid dienone is 1. The van der Waals surface area contributed by atoms with Crippen molar-refractivity contribution in [3.05, 3.63) is 70.2 Å². The Kier molecular flexibility index (Phi) is 13.2. The summed E-state index contributed by atoms with van der Waals surface area (Å²) in [6, 6.07) is 5.55. The summed E-state index contributed by atoms with van der Waals surface area (Å²) in [5, 5.41) is 10.8. The van der Waals surface area contributed by atoms with Crippen molar-refractivity contribution in [3.8, 4) is 17.5 Å². The monoisotopic (exact) mass is 807 g/mol. The van der Waals surface area contributed by atoms with Crippen molar-refractivity contribution in [2.45, 2.75) is 63.8 Å². The quantitative estimate of drug-likeness (QED) is 0.140. The van der Waals surface area contributed by atoms with Gasteiger partial charge in [-0.1, -0.05) is 23.7 Å². The van der Waals surface area contributed by atoms with E-state index >= 15 is 0 Å². The molecule has 0 bridgehead atoms. The number of aromatic carboxylic acids is 1. The number of hydrogen-bond acceptors (Lipinski definition) is 12. The molecule has 54 heavy (non-hydrogen) atoms. The van der Waals surface area contributed by atoms with Gasteiger partial charge < -0.3 is 24.1 Å². The van der Waals surface area contributed by atoms with Gasteiger partial charge in [-0.05, 0) is 63.3 Å². The summed E-state index contributed by atoms with van der Waals surface area (Å²) >= 11 is 6.04. The average Bonchev–Trinajstić information content (AvgIpc) is 3.68. The summed E-state index contributed by atoms with van der Waals surface area (Å²) in [6.45, 7) is -3.55. The van der Waals surface area contributed by atoms with Crippen LogP contribution in [0.4, 0.5) is 43.2 Å². The third-order valence-electron chi connectivity index (χ3n) is 7.02. The van der Waals surface area contributed by atoms with Crippen LogP contribution in [0.5, 0.6) is 17.5 Å². The number of nitrogens with zero attached hydrogens (tertiary/aromatic N) is 3. The molecule has 0 radical (unpaired) electrons. The molecule has 0 atom stereocenters. The number of alkyl halides is 4. The maximum absolute atomic E-state index is 14.3. The number of urea groups is 1. The highest BCUT2D eigenvalue weighted by Crippen LogP contribution is 2.37. The maximum atomic E-state index is 14.3. The summed E-state index contributed by atoms with van der Waals surface area (Å²) in [4.78, 5) is 53.9. The molecule has 290 valence electrons. The fourth-order valence-corrected chi connectivity index (χ4v) is 6.10. The number of cyclic esters (lactones) is 1. The third-order valence-corrected chi connectivity index (χ3v) is 8.70. The Hall–Kier alpha value is -5.77. The van der Waals surface area contributed by atoms with Crippen LogP contribution in [0.2, 0.25) is 5.02 Å². The lowest BCUT2D eigenvalue weighted by Gasteiger charge is -2.18. The number of amides is 4. The van der Waals surface area contributed by atoms with Crippen LogP contribution < -0.4 is 29.1 Å². The summed E-state index contributed by atoms with van der Waals surface area (Å²) in [6.07, 6.45) is 3.00. The van der Waals surface area contributed by atoms with Crippen LogP contribution in [-0.2, 0) is 19.6 Å². The molecule has 2 aliphatic rings. The molecular formula is C31H27ClF5N5O11S. The number of imide groups is 1. The lowest BCUT2D eigenvalue weighted by Crippen LogP contribution is -2.35. The third kappa shape index (κ3) is 10.4. The molecule has 1 saturated heterocycles. The van der Waals surface area contributed by atoms with Crippen molar-refractivity contribution in [1.82, 2.24) is 14.7 Å². The minimum Gasteiger partial charge on any atom is -0.489 e. The lowest BCUT2D eigenvalue weighted by atomic mass is 10.2. The van der Waals surface area contributed by atoms with Crippen molar-refractivity contribution in [2.24, 2.45) is 0 Å². The molecule has 3 aromatic rings. The van der Waals surface area contributed by atoms with Gasteiger partial charge in [-0.2, -0.15) is 27.5 Å². The minimum absolute atomic E-state index is 0.00962. The standard InChI is InChI=1S/C17H17ClFNO4.C14H10F4N4O7S/c1-9(2)15-16(21)20(17(22)24-15)13-8-14(11(18)7-12(13)19)23-10-5-3-4-6-10;15-11(16)28-8-5-9(29-12(17)18)20-13(19-8)21-14(25)22-30(26,27)7-4-2-1-3-6(7)10(23)24/h7-8,10H,3-6H2,1-2H3;1-5,11-12H,(H,23,24)(H2,19,20,21,22,25). The molecule has 5 rings (SSSR count). The van der Waals surface area contributed by atoms with Crippen molar-refractivity contribution in [1.29, 1.82) is 0 Å². The first-order chi connectivity index (χ1) is 25.4. The molecule has 1 aromatic heterocycles. The van der Waals surface area contributed by atoms with Crippen molar-refractivity contribution in [2.75, 3.05) is 10.2 Å². The van der Waals surface area contributed by atoms with Gasteiger partial charge in [0.25, 0.3) is 10.0 Å². The lowest BCUT2D eigenvalue weighted by molar-refractivity contribution is -0.114. The van der Waals surface area contributed by atoms with Crippen LogP contribution in [0.1, 0.15) is 49.9 Å². The summed E-state index contributed by atoms with van der Waals surface area (Å²) < 4.78 is 108. The van der Waals surface area contributed by atoms with E-state index in [4.69, 9.17) is 26.2 Å². The first-order valence-electron chi connectivity index (χ1n) is 15.2. The Labute approximate surface area is 306 Å². The van der Waals surface area contributed by atoms with Crippen LogP contribution in [-0.4, -0.2) is 66.8 Å². The van der Waals surface area contributed by atoms with Crippen LogP contribution >= 0.6 is 11.6 Å². The van der Waals surface area contributed by atoms with Gasteiger partial charge in [0.05, 0.1) is 28.4 Å². The molecule has 4 amide bonds. The second-order valence-electron chi connectivity index (χ2n) is 11.1. The van der Waals surface area contributed by atoms with Gasteiger partial charge in [-0.15, -0.1) is 0 Å². The predicted octanol–water partition coefficient (Wildman–Crippen LogP) is 6.47. The number of halogens is 6. The van der Waals surface area contributed by atoms with Crippen LogP contribution in [0.3, 0.4) is 0 Å². The van der Waals surface area contributed by atoms with E-state index < -0.39 is 81.2 Å². The van der Waals surface area contributed by atoms with E-state index in [1.165, 1.54) is 22.9 Å². The number of rotatable bonds is 11. The number of benzene rings is 2. The number of carbonyl (C=O) groups excluding carboxylic acids is 3. The van der Waals surface area contributed by atoms with Gasteiger partial charge in [-0.3, -0.25) is 10.1 Å². The minimum atomic E-state index is -4.71. The highest BCUT2D eigenvalue weighted by molar-refractivity contribution is 7.90. The molecule has 1 saturated carbocycles. The van der Waals surface area contributed by atoms with E-state index in [2.05, 4.69) is 19.4 Å². The van der Waals surface area contributed by atoms with Crippen molar-refractivity contribution >= 4 is 57.3 Å². The van der Waals surface area contributed by atoms with E-state index in [0.717, 1.165) is 43.9 Å². The number of anilines is 2. The van der Waals surface area contributed by atoms with Crippen LogP contribution in [0.25, 0.3) is 0 Å². The highest BCUT2D eigenvalue weighted by Gasteiger charge is 2.40. The number of nitrogens with one attached hydrogen (secondary N) is 2. The summed E-state index contributed by atoms with van der Waals surface area (Å²) in [7, 11) is -4.71. The van der Waals surface area contributed by atoms with Gasteiger partial charge >= 0.3 is 37.2 Å². The molecule has 2 fully saturated rings. The van der Waals surface area contributed by atoms with E-state index in [1.807, 2.05) is 0 Å². The molecule has 1 aliphatic carbocycles. The first kappa shape index (κ1) is 41.0. The van der Waals surface area contributed by atoms with Gasteiger partial charge in [0.1, 0.15) is 16.5 Å². The smallest absolute Gasteiger partial charge is 0.427 e. The zero-order valence-corrected chi connectivity index (χ0v) is 29.2. The van der Waals surface area contributed by atoms with E-state index in [9.17, 15) is 49.5 Å². The SMILES string of the molecule is CC(C)=C1OC(=O)N(c2cc(OC3CCCC3)c(Cl)cc2F)C1=O.O=C(Nc1nc(OC(F)F)cc(OC(F)F)n1)NS(=O)(=O)c1ccccc1C(=O)O. The number of ether oxygens (including phenoxy) is 4. The zero-order chi connectivity index (χ0) is 39.9. The molecule has 23 heteroatoms. The van der Waals surface area contributed by atoms with Crippen molar-refractivity contribution in [3.63, 3.8) is 0 Å². The van der Waals surface area contributed by atoms with E-state index in [0.29, 0.717) is 16.5 Å². The summed E-state index contributed by atoms with van der Waals surface area (Å²) in [5.74, 6) is -5.78. The highest BCUT2D eigenvalue weighted by atomic mass is 35.5. The first-order valence-corrected chi connectivity index (χ1v) is 17.1. The predicted molar refractivity (Wildman–Crippen MR) is 175 cm³/mol. The molecule has 0 unspecified atom stereocenters. The Bertz CT molecular complexity index is 2050. The fraction of sp³-hybridized carbons (Fsp3) is 0.290. The van der Waals surface area contributed by atoms with Crippen molar-refractivity contribution < 1.29 is 73.6 Å².